The van der Waals surface area contributed by atoms with Gasteiger partial charge in [-0.1, -0.05) is 6.92 Å². The maximum absolute atomic E-state index is 11.8. The Labute approximate surface area is 117 Å². The third kappa shape index (κ3) is 5.49. The van der Waals surface area contributed by atoms with Gasteiger partial charge in [0, 0.05) is 6.54 Å². The fourth-order valence-electron chi connectivity index (χ4n) is 2.49. The zero-order valence-electron chi connectivity index (χ0n) is 13.0. The quantitative estimate of drug-likeness (QED) is 0.617. The molecule has 0 bridgehead atoms. The van der Waals surface area contributed by atoms with Crippen LogP contribution in [0.4, 0.5) is 0 Å². The van der Waals surface area contributed by atoms with Crippen LogP contribution < -0.4 is 5.32 Å². The van der Waals surface area contributed by atoms with Gasteiger partial charge in [-0.15, -0.1) is 0 Å². The molecule has 0 aliphatic heterocycles. The first-order valence-electron chi connectivity index (χ1n) is 7.55. The second-order valence-corrected chi connectivity index (χ2v) is 5.92. The van der Waals surface area contributed by atoms with Crippen LogP contribution in [-0.4, -0.2) is 50.2 Å². The van der Waals surface area contributed by atoms with E-state index < -0.39 is 5.54 Å². The zero-order valence-corrected chi connectivity index (χ0v) is 13.0. The Morgan fingerprint density at radius 2 is 2.11 bits per heavy atom. The van der Waals surface area contributed by atoms with Gasteiger partial charge in [-0.3, -0.25) is 4.79 Å². The maximum Gasteiger partial charge on any atom is 0.325 e. The Morgan fingerprint density at radius 1 is 1.42 bits per heavy atom. The molecule has 4 nitrogen and oxygen atoms in total. The Kier molecular flexibility index (Phi) is 6.80. The lowest BCUT2D eigenvalue weighted by atomic mass is 9.96. The number of nitrogens with zero attached hydrogens (tertiary/aromatic N) is 1. The summed E-state index contributed by atoms with van der Waals surface area (Å²) in [5.74, 6) is 0.766. The molecule has 1 atom stereocenters. The summed E-state index contributed by atoms with van der Waals surface area (Å²) in [5, 5.41) is 3.09. The Morgan fingerprint density at radius 3 is 2.58 bits per heavy atom. The summed E-state index contributed by atoms with van der Waals surface area (Å²) in [6.45, 7) is 7.64. The molecule has 0 amide bonds. The summed E-state index contributed by atoms with van der Waals surface area (Å²) < 4.78 is 4.87. The number of carbonyl (C=O) groups excluding carboxylic acids is 1. The van der Waals surface area contributed by atoms with Crippen LogP contribution in [0.1, 0.15) is 46.0 Å². The number of hydrogen-bond acceptors (Lipinski definition) is 4. The second-order valence-electron chi connectivity index (χ2n) is 5.92. The summed E-state index contributed by atoms with van der Waals surface area (Å²) in [6, 6.07) is 0. The molecule has 1 unspecified atom stereocenters. The van der Waals surface area contributed by atoms with E-state index in [2.05, 4.69) is 17.1 Å². The van der Waals surface area contributed by atoms with Crippen molar-refractivity contribution in [2.24, 2.45) is 5.92 Å². The molecule has 0 radical (unpaired) electrons. The number of ether oxygens (including phenoxy) is 1. The average molecular weight is 270 g/mol. The van der Waals surface area contributed by atoms with Crippen molar-refractivity contribution in [1.29, 1.82) is 0 Å². The van der Waals surface area contributed by atoms with Crippen molar-refractivity contribution >= 4 is 5.97 Å². The van der Waals surface area contributed by atoms with E-state index in [0.717, 1.165) is 25.3 Å². The Balaban J connectivity index is 2.33. The van der Waals surface area contributed by atoms with Crippen LogP contribution in [0.15, 0.2) is 0 Å². The van der Waals surface area contributed by atoms with Crippen LogP contribution in [-0.2, 0) is 9.53 Å². The highest BCUT2D eigenvalue weighted by Gasteiger charge is 2.32. The molecule has 1 aliphatic carbocycles. The van der Waals surface area contributed by atoms with Gasteiger partial charge in [0.1, 0.15) is 5.54 Å². The molecule has 19 heavy (non-hydrogen) atoms. The van der Waals surface area contributed by atoms with Crippen LogP contribution in [0, 0.1) is 5.92 Å². The van der Waals surface area contributed by atoms with Gasteiger partial charge in [-0.2, -0.15) is 0 Å². The third-order valence-electron chi connectivity index (χ3n) is 4.09. The van der Waals surface area contributed by atoms with Gasteiger partial charge in [0.15, 0.2) is 0 Å². The van der Waals surface area contributed by atoms with Gasteiger partial charge in [-0.25, -0.2) is 0 Å². The summed E-state index contributed by atoms with van der Waals surface area (Å²) in [5.41, 5.74) is -0.549. The van der Waals surface area contributed by atoms with Crippen molar-refractivity contribution in [3.8, 4) is 0 Å². The molecule has 0 spiro atoms. The number of carbonyl (C=O) groups is 1. The number of hydrogen-bond donors (Lipinski definition) is 1. The maximum atomic E-state index is 11.8. The lowest BCUT2D eigenvalue weighted by Gasteiger charge is -2.28. The molecule has 0 aromatic heterocycles. The number of rotatable bonds is 10. The van der Waals surface area contributed by atoms with Gasteiger partial charge in [0.25, 0.3) is 0 Å². The molecule has 1 fully saturated rings. The van der Waals surface area contributed by atoms with Crippen molar-refractivity contribution in [3.05, 3.63) is 0 Å². The highest BCUT2D eigenvalue weighted by molar-refractivity contribution is 5.80. The molecular weight excluding hydrogens is 240 g/mol. The number of esters is 1. The third-order valence-corrected chi connectivity index (χ3v) is 4.09. The molecule has 0 saturated heterocycles. The van der Waals surface area contributed by atoms with E-state index in [1.807, 2.05) is 14.0 Å². The number of methoxy groups -OCH3 is 1. The summed E-state index contributed by atoms with van der Waals surface area (Å²) >= 11 is 0. The van der Waals surface area contributed by atoms with Crippen LogP contribution >= 0.6 is 0 Å². The van der Waals surface area contributed by atoms with E-state index in [0.29, 0.717) is 0 Å². The predicted octanol–water partition coefficient (Wildman–Crippen LogP) is 2.04. The van der Waals surface area contributed by atoms with Gasteiger partial charge >= 0.3 is 5.97 Å². The SMILES string of the molecule is CCCN(CCCC(C)(NC)C(=O)OC)CC1CC1. The number of nitrogens with one attached hydrogen (secondary N) is 1. The zero-order chi connectivity index (χ0) is 14.3. The van der Waals surface area contributed by atoms with Gasteiger partial charge < -0.3 is 15.0 Å². The van der Waals surface area contributed by atoms with Gasteiger partial charge in [0.05, 0.1) is 7.11 Å². The fourth-order valence-corrected chi connectivity index (χ4v) is 2.49. The summed E-state index contributed by atoms with van der Waals surface area (Å²) in [4.78, 5) is 14.3. The van der Waals surface area contributed by atoms with E-state index >= 15 is 0 Å². The molecule has 1 N–H and O–H groups in total. The highest BCUT2D eigenvalue weighted by atomic mass is 16.5. The predicted molar refractivity (Wildman–Crippen MR) is 78.2 cm³/mol. The molecule has 112 valence electrons. The lowest BCUT2D eigenvalue weighted by molar-refractivity contribution is -0.148. The Hall–Kier alpha value is -0.610. The topological polar surface area (TPSA) is 41.6 Å². The molecule has 0 aromatic carbocycles. The molecule has 0 aromatic rings. The summed E-state index contributed by atoms with van der Waals surface area (Å²) in [7, 11) is 3.28. The number of likely N-dealkylation sites (N-methyl/N-ethyl adjacent to an activating group) is 1. The van der Waals surface area contributed by atoms with E-state index in [9.17, 15) is 4.79 Å². The first-order valence-corrected chi connectivity index (χ1v) is 7.55. The van der Waals surface area contributed by atoms with Gasteiger partial charge in [0.2, 0.25) is 0 Å². The smallest absolute Gasteiger partial charge is 0.325 e. The van der Waals surface area contributed by atoms with E-state index in [4.69, 9.17) is 4.74 Å². The van der Waals surface area contributed by atoms with E-state index in [1.165, 1.54) is 39.5 Å². The molecular formula is C15H30N2O2. The van der Waals surface area contributed by atoms with Crippen LogP contribution in [0.5, 0.6) is 0 Å². The lowest BCUT2D eigenvalue weighted by Crippen LogP contribution is -2.48. The van der Waals surface area contributed by atoms with E-state index in [-0.39, 0.29) is 5.97 Å². The average Bonchev–Trinajstić information content (AvgIpc) is 3.21. The minimum Gasteiger partial charge on any atom is -0.468 e. The van der Waals surface area contributed by atoms with Crippen molar-refractivity contribution < 1.29 is 9.53 Å². The first kappa shape index (κ1) is 16.4. The van der Waals surface area contributed by atoms with E-state index in [1.54, 1.807) is 0 Å². The van der Waals surface area contributed by atoms with Crippen LogP contribution in [0.2, 0.25) is 0 Å². The molecule has 1 aliphatic rings. The molecule has 0 heterocycles. The fraction of sp³-hybridized carbons (Fsp3) is 0.933. The van der Waals surface area contributed by atoms with Crippen LogP contribution in [0.3, 0.4) is 0 Å². The minimum atomic E-state index is -0.549. The van der Waals surface area contributed by atoms with Crippen molar-refractivity contribution in [1.82, 2.24) is 10.2 Å². The Bertz CT molecular complexity index is 279. The first-order chi connectivity index (χ1) is 9.05. The monoisotopic (exact) mass is 270 g/mol. The minimum absolute atomic E-state index is 0.167. The molecule has 1 saturated carbocycles. The molecule has 4 heteroatoms. The van der Waals surface area contributed by atoms with Crippen molar-refractivity contribution in [2.45, 2.75) is 51.5 Å². The van der Waals surface area contributed by atoms with Crippen molar-refractivity contribution in [2.75, 3.05) is 33.8 Å². The normalized spacial score (nSPS) is 18.4. The molecule has 1 rings (SSSR count). The second kappa shape index (κ2) is 7.85. The largest absolute Gasteiger partial charge is 0.468 e. The summed E-state index contributed by atoms with van der Waals surface area (Å²) in [6.07, 6.45) is 5.85. The van der Waals surface area contributed by atoms with Crippen LogP contribution in [0.25, 0.3) is 0 Å². The standard InChI is InChI=1S/C15H30N2O2/c1-5-10-17(12-13-7-8-13)11-6-9-15(2,16-3)14(18)19-4/h13,16H,5-12H2,1-4H3. The highest BCUT2D eigenvalue weighted by Crippen LogP contribution is 2.30. The van der Waals surface area contributed by atoms with Gasteiger partial charge in [-0.05, 0) is 65.1 Å². The van der Waals surface area contributed by atoms with Crippen molar-refractivity contribution in [3.63, 3.8) is 0 Å².